The third kappa shape index (κ3) is 4.03. The minimum atomic E-state index is -0.699. The molecule has 4 aromatic rings. The molecular weight excluding hydrogens is 495 g/mol. The van der Waals surface area contributed by atoms with E-state index in [1.165, 1.54) is 0 Å². The Hall–Kier alpha value is -3.39. The molecule has 1 amide bonds. The highest BCUT2D eigenvalue weighted by atomic mass is 35.5. The number of anilines is 2. The zero-order valence-electron chi connectivity index (χ0n) is 17.8. The number of halogens is 3. The van der Waals surface area contributed by atoms with Crippen molar-refractivity contribution in [2.45, 2.75) is 13.0 Å². The average molecular weight is 512 g/mol. The van der Waals surface area contributed by atoms with Crippen LogP contribution in [0, 0.1) is 0 Å². The third-order valence-corrected chi connectivity index (χ3v) is 6.56. The Balaban J connectivity index is 1.66. The molecule has 7 nitrogen and oxygen atoms in total. The Bertz CT molecular complexity index is 1430. The first-order valence-corrected chi connectivity index (χ1v) is 11.4. The van der Waals surface area contributed by atoms with Gasteiger partial charge < -0.3 is 10.6 Å². The van der Waals surface area contributed by atoms with Crippen molar-refractivity contribution in [3.8, 4) is 11.4 Å². The quantitative estimate of drug-likeness (QED) is 0.339. The zero-order valence-corrected chi connectivity index (χ0v) is 20.0. The lowest BCUT2D eigenvalue weighted by Gasteiger charge is -2.29. The fraction of sp³-hybridized carbons (Fsp3) is 0.0833. The Kier molecular flexibility index (Phi) is 6.00. The van der Waals surface area contributed by atoms with Gasteiger partial charge in [0.1, 0.15) is 11.9 Å². The van der Waals surface area contributed by atoms with Crippen LogP contribution in [-0.2, 0) is 4.79 Å². The molecule has 34 heavy (non-hydrogen) atoms. The molecule has 0 radical (unpaired) electrons. The number of fused-ring (bicyclic) bond motifs is 1. The molecule has 1 aliphatic rings. The Morgan fingerprint density at radius 1 is 1.00 bits per heavy atom. The maximum absolute atomic E-state index is 13.5. The molecule has 1 unspecified atom stereocenters. The molecule has 2 aromatic heterocycles. The van der Waals surface area contributed by atoms with Crippen LogP contribution in [0.15, 0.2) is 78.1 Å². The molecule has 3 heterocycles. The summed E-state index contributed by atoms with van der Waals surface area (Å²) < 4.78 is 1.62. The van der Waals surface area contributed by atoms with E-state index in [1.807, 2.05) is 24.3 Å². The number of allylic oxidation sites excluding steroid dienone is 1. The second kappa shape index (κ2) is 9.10. The van der Waals surface area contributed by atoms with Crippen molar-refractivity contribution in [2.24, 2.45) is 0 Å². The minimum absolute atomic E-state index is 0.327. The highest BCUT2D eigenvalue weighted by molar-refractivity contribution is 6.42. The number of amides is 1. The van der Waals surface area contributed by atoms with Gasteiger partial charge in [0, 0.05) is 23.0 Å². The fourth-order valence-electron chi connectivity index (χ4n) is 3.84. The van der Waals surface area contributed by atoms with Gasteiger partial charge in [0.15, 0.2) is 5.82 Å². The van der Waals surface area contributed by atoms with Crippen LogP contribution in [0.5, 0.6) is 0 Å². The highest BCUT2D eigenvalue weighted by Crippen LogP contribution is 2.41. The van der Waals surface area contributed by atoms with Gasteiger partial charge in [-0.2, -0.15) is 4.98 Å². The van der Waals surface area contributed by atoms with E-state index in [9.17, 15) is 4.79 Å². The summed E-state index contributed by atoms with van der Waals surface area (Å²) >= 11 is 19.3. The molecule has 0 aliphatic carbocycles. The van der Waals surface area contributed by atoms with Gasteiger partial charge in [-0.1, -0.05) is 65.1 Å². The summed E-state index contributed by atoms with van der Waals surface area (Å²) in [5.41, 5.74) is 2.28. The van der Waals surface area contributed by atoms with E-state index in [0.29, 0.717) is 55.1 Å². The largest absolute Gasteiger partial charge is 0.328 e. The fourth-order valence-corrected chi connectivity index (χ4v) is 4.47. The standard InChI is InChI=1S/C24H17Cl3N6O/c1-13-19(23(34)30-18-11-4-5-12-28-18)21(15-8-6-10-17(26)20(15)27)33-24(29-13)31-22(32-33)14-7-2-3-9-16(14)25/h2-12,21H,1H3,(H,28,30,34)(H,29,31,32). The molecule has 170 valence electrons. The summed E-state index contributed by atoms with van der Waals surface area (Å²) in [5, 5.41) is 12.0. The van der Waals surface area contributed by atoms with Crippen LogP contribution < -0.4 is 10.6 Å². The van der Waals surface area contributed by atoms with Crippen molar-refractivity contribution in [3.63, 3.8) is 0 Å². The van der Waals surface area contributed by atoms with Crippen molar-refractivity contribution in [2.75, 3.05) is 10.6 Å². The van der Waals surface area contributed by atoms with Crippen molar-refractivity contribution in [1.29, 1.82) is 0 Å². The predicted molar refractivity (Wildman–Crippen MR) is 134 cm³/mol. The lowest BCUT2D eigenvalue weighted by molar-refractivity contribution is -0.113. The SMILES string of the molecule is CC1=C(C(=O)Nc2ccccn2)C(c2cccc(Cl)c2Cl)n2nc(-c3ccccc3Cl)nc2N1. The number of nitrogens with zero attached hydrogens (tertiary/aromatic N) is 4. The number of rotatable bonds is 4. The molecule has 0 bridgehead atoms. The molecule has 10 heteroatoms. The van der Waals surface area contributed by atoms with E-state index < -0.39 is 6.04 Å². The van der Waals surface area contributed by atoms with Crippen LogP contribution >= 0.6 is 34.8 Å². The Labute approximate surface area is 210 Å². The molecule has 0 spiro atoms. The second-order valence-corrected chi connectivity index (χ2v) is 8.75. The van der Waals surface area contributed by atoms with E-state index in [4.69, 9.17) is 39.9 Å². The molecule has 0 saturated carbocycles. The number of carbonyl (C=O) groups excluding carboxylic acids is 1. The second-order valence-electron chi connectivity index (χ2n) is 7.56. The number of nitrogens with one attached hydrogen (secondary N) is 2. The van der Waals surface area contributed by atoms with Gasteiger partial charge >= 0.3 is 0 Å². The number of pyridine rings is 1. The van der Waals surface area contributed by atoms with Crippen LogP contribution in [0.3, 0.4) is 0 Å². The number of carbonyl (C=O) groups is 1. The first kappa shape index (κ1) is 22.4. The summed E-state index contributed by atoms with van der Waals surface area (Å²) in [5.74, 6) is 0.924. The van der Waals surface area contributed by atoms with Crippen LogP contribution in [0.1, 0.15) is 18.5 Å². The van der Waals surface area contributed by atoms with Crippen LogP contribution in [0.2, 0.25) is 15.1 Å². The number of benzene rings is 2. The van der Waals surface area contributed by atoms with E-state index in [0.717, 1.165) is 0 Å². The highest BCUT2D eigenvalue weighted by Gasteiger charge is 2.36. The molecule has 0 saturated heterocycles. The normalized spacial score (nSPS) is 15.0. The van der Waals surface area contributed by atoms with Gasteiger partial charge in [-0.15, -0.1) is 5.10 Å². The minimum Gasteiger partial charge on any atom is -0.328 e. The van der Waals surface area contributed by atoms with Crippen LogP contribution in [-0.4, -0.2) is 25.7 Å². The predicted octanol–water partition coefficient (Wildman–Crippen LogP) is 6.23. The summed E-state index contributed by atoms with van der Waals surface area (Å²) in [6.07, 6.45) is 1.60. The van der Waals surface area contributed by atoms with Crippen molar-refractivity contribution in [1.82, 2.24) is 19.7 Å². The first-order chi connectivity index (χ1) is 16.4. The van der Waals surface area contributed by atoms with Gasteiger partial charge in [-0.05, 0) is 37.3 Å². The van der Waals surface area contributed by atoms with E-state index in [-0.39, 0.29) is 5.91 Å². The summed E-state index contributed by atoms with van der Waals surface area (Å²) in [6, 6.07) is 17.1. The molecule has 1 atom stereocenters. The first-order valence-electron chi connectivity index (χ1n) is 10.3. The van der Waals surface area contributed by atoms with E-state index in [2.05, 4.69) is 20.6 Å². The molecule has 0 fully saturated rings. The molecule has 2 aromatic carbocycles. The van der Waals surface area contributed by atoms with Crippen molar-refractivity contribution < 1.29 is 4.79 Å². The maximum Gasteiger partial charge on any atom is 0.257 e. The topological polar surface area (TPSA) is 84.7 Å². The molecular formula is C24H17Cl3N6O. The van der Waals surface area contributed by atoms with Crippen molar-refractivity contribution >= 4 is 52.5 Å². The van der Waals surface area contributed by atoms with E-state index in [1.54, 1.807) is 54.2 Å². The lowest BCUT2D eigenvalue weighted by atomic mass is 9.95. The van der Waals surface area contributed by atoms with Gasteiger partial charge in [-0.25, -0.2) is 9.67 Å². The number of hydrogen-bond donors (Lipinski definition) is 2. The zero-order chi connectivity index (χ0) is 23.8. The average Bonchev–Trinajstić information content (AvgIpc) is 3.24. The molecule has 2 N–H and O–H groups in total. The molecule has 1 aliphatic heterocycles. The third-order valence-electron chi connectivity index (χ3n) is 5.39. The van der Waals surface area contributed by atoms with Gasteiger partial charge in [0.2, 0.25) is 5.95 Å². The summed E-state index contributed by atoms with van der Waals surface area (Å²) in [6.45, 7) is 1.80. The maximum atomic E-state index is 13.5. The van der Waals surface area contributed by atoms with Crippen molar-refractivity contribution in [3.05, 3.63) is 98.8 Å². The van der Waals surface area contributed by atoms with Crippen LogP contribution in [0.25, 0.3) is 11.4 Å². The van der Waals surface area contributed by atoms with Gasteiger partial charge in [-0.3, -0.25) is 4.79 Å². The number of aromatic nitrogens is 4. The lowest BCUT2D eigenvalue weighted by Crippen LogP contribution is -2.31. The smallest absolute Gasteiger partial charge is 0.257 e. The van der Waals surface area contributed by atoms with Gasteiger partial charge in [0.05, 0.1) is 20.6 Å². The Morgan fingerprint density at radius 3 is 2.53 bits per heavy atom. The van der Waals surface area contributed by atoms with Gasteiger partial charge in [0.25, 0.3) is 5.91 Å². The summed E-state index contributed by atoms with van der Waals surface area (Å²) in [7, 11) is 0. The number of hydrogen-bond acceptors (Lipinski definition) is 5. The van der Waals surface area contributed by atoms with E-state index >= 15 is 0 Å². The monoisotopic (exact) mass is 510 g/mol. The summed E-state index contributed by atoms with van der Waals surface area (Å²) in [4.78, 5) is 22.3. The molecule has 5 rings (SSSR count). The Morgan fingerprint density at radius 2 is 1.76 bits per heavy atom. The van der Waals surface area contributed by atoms with Crippen LogP contribution in [0.4, 0.5) is 11.8 Å².